The fourth-order valence-corrected chi connectivity index (χ4v) is 3.36. The number of nitrogens with one attached hydrogen (secondary N) is 1. The second-order valence-electron chi connectivity index (χ2n) is 8.22. The number of hydrogen-bond acceptors (Lipinski definition) is 4. The molecule has 6 nitrogen and oxygen atoms in total. The number of carbonyl (C=O) groups is 2. The first-order valence-electron chi connectivity index (χ1n) is 9.80. The van der Waals surface area contributed by atoms with E-state index < -0.39 is 12.0 Å². The highest BCUT2D eigenvalue weighted by atomic mass is 19.3. The summed E-state index contributed by atoms with van der Waals surface area (Å²) in [5.74, 6) is 0.160. The number of benzene rings is 1. The quantitative estimate of drug-likeness (QED) is 0.747. The molecule has 1 N–H and O–H groups in total. The lowest BCUT2D eigenvalue weighted by atomic mass is 9.90. The number of ether oxygens (including phenoxy) is 2. The lowest BCUT2D eigenvalue weighted by Gasteiger charge is -2.35. The lowest BCUT2D eigenvalue weighted by molar-refractivity contribution is -0.142. The molecule has 0 radical (unpaired) electrons. The number of alkyl halides is 2. The Balaban J connectivity index is 1.81. The first kappa shape index (κ1) is 22.9. The Morgan fingerprint density at radius 2 is 1.86 bits per heavy atom. The van der Waals surface area contributed by atoms with Gasteiger partial charge in [-0.2, -0.15) is 8.78 Å². The Morgan fingerprint density at radius 3 is 2.41 bits per heavy atom. The summed E-state index contributed by atoms with van der Waals surface area (Å²) in [6.45, 7) is 4.30. The summed E-state index contributed by atoms with van der Waals surface area (Å²) >= 11 is 0. The molecule has 1 heterocycles. The fourth-order valence-electron chi connectivity index (χ4n) is 3.36. The number of carbonyl (C=O) groups excluding carboxylic acids is 2. The van der Waals surface area contributed by atoms with Gasteiger partial charge in [0.1, 0.15) is 0 Å². The Labute approximate surface area is 170 Å². The Bertz CT molecular complexity index is 711. The minimum atomic E-state index is -2.94. The van der Waals surface area contributed by atoms with Gasteiger partial charge < -0.3 is 19.7 Å². The molecule has 2 rings (SSSR count). The van der Waals surface area contributed by atoms with E-state index in [9.17, 15) is 18.4 Å². The third-order valence-corrected chi connectivity index (χ3v) is 4.95. The maximum absolute atomic E-state index is 12.5. The third kappa shape index (κ3) is 6.58. The van der Waals surface area contributed by atoms with Gasteiger partial charge in [0.05, 0.1) is 7.11 Å². The van der Waals surface area contributed by atoms with Crippen molar-refractivity contribution < 1.29 is 27.8 Å². The molecule has 8 heteroatoms. The van der Waals surface area contributed by atoms with Gasteiger partial charge in [-0.15, -0.1) is 0 Å². The summed E-state index contributed by atoms with van der Waals surface area (Å²) in [5, 5.41) is 2.90. The number of nitrogens with zero attached hydrogens (tertiary/aromatic N) is 1. The molecule has 0 saturated carbocycles. The maximum atomic E-state index is 12.5. The van der Waals surface area contributed by atoms with E-state index in [2.05, 4.69) is 10.1 Å². The van der Waals surface area contributed by atoms with Crippen LogP contribution in [0.25, 0.3) is 0 Å². The summed E-state index contributed by atoms with van der Waals surface area (Å²) in [6, 6.07) is 4.81. The second kappa shape index (κ2) is 9.89. The highest BCUT2D eigenvalue weighted by molar-refractivity contribution is 5.82. The smallest absolute Gasteiger partial charge is 0.387 e. The van der Waals surface area contributed by atoms with Crippen LogP contribution in [-0.2, 0) is 16.0 Å². The number of methoxy groups -OCH3 is 1. The minimum absolute atomic E-state index is 0.0257. The molecule has 1 aromatic rings. The van der Waals surface area contributed by atoms with E-state index in [0.29, 0.717) is 38.9 Å². The largest absolute Gasteiger partial charge is 0.493 e. The molecule has 0 aromatic heterocycles. The van der Waals surface area contributed by atoms with Crippen LogP contribution < -0.4 is 14.8 Å². The molecule has 1 saturated heterocycles. The SMILES string of the molecule is COc1ccc(CCNC(=O)C2CCN(C(=O)C(C)(C)C)CC2)cc1OC(F)F. The Morgan fingerprint density at radius 1 is 1.21 bits per heavy atom. The van der Waals surface area contributed by atoms with Gasteiger partial charge in [0.15, 0.2) is 11.5 Å². The third-order valence-electron chi connectivity index (χ3n) is 4.95. The monoisotopic (exact) mass is 412 g/mol. The van der Waals surface area contributed by atoms with Crippen molar-refractivity contribution in [2.45, 2.75) is 46.6 Å². The molecule has 1 aliphatic heterocycles. The van der Waals surface area contributed by atoms with Gasteiger partial charge in [0.25, 0.3) is 0 Å². The predicted octanol–water partition coefficient (Wildman–Crippen LogP) is 3.24. The van der Waals surface area contributed by atoms with E-state index in [4.69, 9.17) is 4.74 Å². The number of piperidine rings is 1. The van der Waals surface area contributed by atoms with Crippen molar-refractivity contribution in [3.05, 3.63) is 23.8 Å². The summed E-state index contributed by atoms with van der Waals surface area (Å²) in [4.78, 5) is 26.6. The molecule has 2 amide bonds. The normalized spacial score (nSPS) is 15.3. The van der Waals surface area contributed by atoms with Crippen molar-refractivity contribution in [2.24, 2.45) is 11.3 Å². The zero-order chi connectivity index (χ0) is 21.6. The van der Waals surface area contributed by atoms with Crippen molar-refractivity contribution in [3.8, 4) is 11.5 Å². The van der Waals surface area contributed by atoms with E-state index in [-0.39, 0.29) is 29.2 Å². The van der Waals surface area contributed by atoms with E-state index in [1.54, 1.807) is 12.1 Å². The number of halogens is 2. The van der Waals surface area contributed by atoms with Crippen molar-refractivity contribution in [1.82, 2.24) is 10.2 Å². The molecule has 29 heavy (non-hydrogen) atoms. The van der Waals surface area contributed by atoms with Gasteiger partial charge in [-0.25, -0.2) is 0 Å². The standard InChI is InChI=1S/C21H30F2N2O4/c1-21(2,3)19(27)25-11-8-15(9-12-25)18(26)24-10-7-14-5-6-16(28-4)17(13-14)29-20(22)23/h5-6,13,15,20H,7-12H2,1-4H3,(H,24,26). The first-order chi connectivity index (χ1) is 13.6. The van der Waals surface area contributed by atoms with Crippen LogP contribution in [0, 0.1) is 11.3 Å². The van der Waals surface area contributed by atoms with Crippen LogP contribution in [0.3, 0.4) is 0 Å². The van der Waals surface area contributed by atoms with Crippen molar-refractivity contribution in [2.75, 3.05) is 26.7 Å². The molecular formula is C21H30F2N2O4. The summed E-state index contributed by atoms with van der Waals surface area (Å²) in [7, 11) is 1.38. The van der Waals surface area contributed by atoms with Crippen molar-refractivity contribution in [3.63, 3.8) is 0 Å². The van der Waals surface area contributed by atoms with Crippen molar-refractivity contribution >= 4 is 11.8 Å². The molecule has 1 aliphatic rings. The molecule has 0 bridgehead atoms. The molecule has 162 valence electrons. The predicted molar refractivity (Wildman–Crippen MR) is 105 cm³/mol. The van der Waals surface area contributed by atoms with Gasteiger partial charge in [-0.05, 0) is 37.0 Å². The summed E-state index contributed by atoms with van der Waals surface area (Å²) in [6.07, 6.45) is 1.77. The average Bonchev–Trinajstić information content (AvgIpc) is 2.66. The number of likely N-dealkylation sites (tertiary alicyclic amines) is 1. The molecule has 1 aromatic carbocycles. The van der Waals surface area contributed by atoms with Crippen LogP contribution in [-0.4, -0.2) is 50.1 Å². The Kier molecular flexibility index (Phi) is 7.81. The molecular weight excluding hydrogens is 382 g/mol. The van der Waals surface area contributed by atoms with Gasteiger partial charge in [0, 0.05) is 31.0 Å². The Hall–Kier alpha value is -2.38. The molecule has 0 aliphatic carbocycles. The topological polar surface area (TPSA) is 67.9 Å². The van der Waals surface area contributed by atoms with Gasteiger partial charge in [-0.1, -0.05) is 26.8 Å². The lowest BCUT2D eigenvalue weighted by Crippen LogP contribution is -2.46. The molecule has 0 spiro atoms. The van der Waals surface area contributed by atoms with Crippen LogP contribution in [0.15, 0.2) is 18.2 Å². The average molecular weight is 412 g/mol. The summed E-state index contributed by atoms with van der Waals surface area (Å²) < 4.78 is 34.5. The molecule has 0 unspecified atom stereocenters. The highest BCUT2D eigenvalue weighted by Gasteiger charge is 2.32. The number of rotatable bonds is 7. The van der Waals surface area contributed by atoms with Crippen LogP contribution in [0.4, 0.5) is 8.78 Å². The van der Waals surface area contributed by atoms with Gasteiger partial charge in [0.2, 0.25) is 11.8 Å². The fraction of sp³-hybridized carbons (Fsp3) is 0.619. The van der Waals surface area contributed by atoms with Gasteiger partial charge in [-0.3, -0.25) is 9.59 Å². The number of hydrogen-bond donors (Lipinski definition) is 1. The zero-order valence-electron chi connectivity index (χ0n) is 17.5. The van der Waals surface area contributed by atoms with Crippen LogP contribution >= 0.6 is 0 Å². The van der Waals surface area contributed by atoms with E-state index in [0.717, 1.165) is 5.56 Å². The zero-order valence-corrected chi connectivity index (χ0v) is 17.5. The highest BCUT2D eigenvalue weighted by Crippen LogP contribution is 2.29. The van der Waals surface area contributed by atoms with E-state index in [1.807, 2.05) is 25.7 Å². The maximum Gasteiger partial charge on any atom is 0.387 e. The molecule has 0 atom stereocenters. The van der Waals surface area contributed by atoms with Crippen LogP contribution in [0.1, 0.15) is 39.2 Å². The van der Waals surface area contributed by atoms with E-state index in [1.165, 1.54) is 13.2 Å². The van der Waals surface area contributed by atoms with Crippen molar-refractivity contribution in [1.29, 1.82) is 0 Å². The second-order valence-corrected chi connectivity index (χ2v) is 8.22. The van der Waals surface area contributed by atoms with Gasteiger partial charge >= 0.3 is 6.61 Å². The van der Waals surface area contributed by atoms with E-state index >= 15 is 0 Å². The minimum Gasteiger partial charge on any atom is -0.493 e. The first-order valence-corrected chi connectivity index (χ1v) is 9.80. The van der Waals surface area contributed by atoms with Crippen LogP contribution in [0.5, 0.6) is 11.5 Å². The molecule has 1 fully saturated rings. The van der Waals surface area contributed by atoms with Crippen LogP contribution in [0.2, 0.25) is 0 Å². The number of amides is 2. The summed E-state index contributed by atoms with van der Waals surface area (Å²) in [5.41, 5.74) is 0.340.